The molecule has 0 aliphatic carbocycles. The van der Waals surface area contributed by atoms with Crippen molar-refractivity contribution in [2.75, 3.05) is 26.2 Å². The predicted octanol–water partition coefficient (Wildman–Crippen LogP) is 1.33. The van der Waals surface area contributed by atoms with Crippen LogP contribution in [0.5, 0.6) is 0 Å². The van der Waals surface area contributed by atoms with Crippen molar-refractivity contribution in [2.45, 2.75) is 25.8 Å². The summed E-state index contributed by atoms with van der Waals surface area (Å²) in [6.45, 7) is 3.61. The van der Waals surface area contributed by atoms with Gasteiger partial charge in [0.15, 0.2) is 0 Å². The Morgan fingerprint density at radius 1 is 1.45 bits per heavy atom. The lowest BCUT2D eigenvalue weighted by molar-refractivity contribution is -0.122. The SMILES string of the molecule is CC(Cc1c(F)cccc1F)NC(=O)CN1CCC(CO)C1. The summed E-state index contributed by atoms with van der Waals surface area (Å²) < 4.78 is 27.1. The van der Waals surface area contributed by atoms with Gasteiger partial charge in [-0.2, -0.15) is 0 Å². The van der Waals surface area contributed by atoms with Gasteiger partial charge in [0.2, 0.25) is 5.91 Å². The van der Waals surface area contributed by atoms with Crippen molar-refractivity contribution in [3.63, 3.8) is 0 Å². The molecule has 1 aliphatic rings. The van der Waals surface area contributed by atoms with Gasteiger partial charge in [-0.3, -0.25) is 9.69 Å². The van der Waals surface area contributed by atoms with E-state index in [1.807, 2.05) is 4.90 Å². The lowest BCUT2D eigenvalue weighted by Gasteiger charge is -2.19. The summed E-state index contributed by atoms with van der Waals surface area (Å²) in [6.07, 6.45) is 1.00. The largest absolute Gasteiger partial charge is 0.396 e. The Morgan fingerprint density at radius 3 is 2.73 bits per heavy atom. The minimum absolute atomic E-state index is 0.00295. The summed E-state index contributed by atoms with van der Waals surface area (Å²) in [6, 6.07) is 3.40. The summed E-state index contributed by atoms with van der Waals surface area (Å²) in [5.74, 6) is -1.11. The first-order valence-corrected chi connectivity index (χ1v) is 7.55. The minimum atomic E-state index is -0.591. The summed E-state index contributed by atoms with van der Waals surface area (Å²) in [5, 5.41) is 11.8. The number of halogens is 2. The first-order chi connectivity index (χ1) is 10.5. The molecular weight excluding hydrogens is 290 g/mol. The fourth-order valence-electron chi connectivity index (χ4n) is 2.81. The molecule has 122 valence electrons. The molecule has 1 heterocycles. The van der Waals surface area contributed by atoms with E-state index in [1.165, 1.54) is 18.2 Å². The standard InChI is InChI=1S/C16H22F2N2O2/c1-11(7-13-14(17)3-2-4-15(13)18)19-16(22)9-20-6-5-12(8-20)10-21/h2-4,11-12,21H,5-10H2,1H3,(H,19,22). The van der Waals surface area contributed by atoms with Gasteiger partial charge in [-0.1, -0.05) is 6.07 Å². The third-order valence-electron chi connectivity index (χ3n) is 3.97. The number of nitrogens with one attached hydrogen (secondary N) is 1. The molecule has 1 saturated heterocycles. The van der Waals surface area contributed by atoms with Crippen molar-refractivity contribution in [1.82, 2.24) is 10.2 Å². The number of hydrogen-bond donors (Lipinski definition) is 2. The van der Waals surface area contributed by atoms with Crippen LogP contribution in [0.25, 0.3) is 0 Å². The molecule has 22 heavy (non-hydrogen) atoms. The Labute approximate surface area is 129 Å². The van der Waals surface area contributed by atoms with Gasteiger partial charge >= 0.3 is 0 Å². The zero-order chi connectivity index (χ0) is 16.1. The highest BCUT2D eigenvalue weighted by Gasteiger charge is 2.24. The number of likely N-dealkylation sites (tertiary alicyclic amines) is 1. The molecule has 0 aromatic heterocycles. The number of benzene rings is 1. The van der Waals surface area contributed by atoms with E-state index in [0.717, 1.165) is 13.0 Å². The molecule has 2 atom stereocenters. The Morgan fingerprint density at radius 2 is 2.14 bits per heavy atom. The average molecular weight is 312 g/mol. The number of nitrogens with zero attached hydrogens (tertiary/aromatic N) is 1. The molecule has 1 aromatic rings. The Balaban J connectivity index is 1.82. The Kier molecular flexibility index (Phi) is 5.85. The van der Waals surface area contributed by atoms with Crippen LogP contribution in [0.1, 0.15) is 18.9 Å². The number of carbonyl (C=O) groups excluding carboxylic acids is 1. The third kappa shape index (κ3) is 4.48. The quantitative estimate of drug-likeness (QED) is 0.833. The van der Waals surface area contributed by atoms with E-state index >= 15 is 0 Å². The van der Waals surface area contributed by atoms with Crippen LogP contribution in [0, 0.1) is 17.6 Å². The molecule has 2 unspecified atom stereocenters. The number of aliphatic hydroxyl groups is 1. The summed E-state index contributed by atoms with van der Waals surface area (Å²) >= 11 is 0. The molecule has 0 spiro atoms. The van der Waals surface area contributed by atoms with E-state index in [0.29, 0.717) is 6.54 Å². The zero-order valence-electron chi connectivity index (χ0n) is 12.7. The van der Waals surface area contributed by atoms with Crippen LogP contribution >= 0.6 is 0 Å². The van der Waals surface area contributed by atoms with Crippen LogP contribution in [0.3, 0.4) is 0 Å². The first kappa shape index (κ1) is 16.8. The fourth-order valence-corrected chi connectivity index (χ4v) is 2.81. The molecule has 1 aliphatic heterocycles. The highest BCUT2D eigenvalue weighted by Crippen LogP contribution is 2.15. The Hall–Kier alpha value is -1.53. The second kappa shape index (κ2) is 7.65. The van der Waals surface area contributed by atoms with Crippen molar-refractivity contribution in [3.05, 3.63) is 35.4 Å². The van der Waals surface area contributed by atoms with Gasteiger partial charge in [-0.25, -0.2) is 8.78 Å². The van der Waals surface area contributed by atoms with Crippen LogP contribution in [0.2, 0.25) is 0 Å². The second-order valence-corrected chi connectivity index (χ2v) is 5.95. The normalized spacial score (nSPS) is 20.1. The van der Waals surface area contributed by atoms with Crippen LogP contribution in [-0.2, 0) is 11.2 Å². The number of carbonyl (C=O) groups is 1. The number of aliphatic hydroxyl groups excluding tert-OH is 1. The van der Waals surface area contributed by atoms with Crippen molar-refractivity contribution in [1.29, 1.82) is 0 Å². The average Bonchev–Trinajstić information content (AvgIpc) is 2.90. The molecule has 6 heteroatoms. The van der Waals surface area contributed by atoms with Gasteiger partial charge in [0.1, 0.15) is 11.6 Å². The van der Waals surface area contributed by atoms with E-state index in [-0.39, 0.29) is 43.0 Å². The summed E-state index contributed by atoms with van der Waals surface area (Å²) in [7, 11) is 0. The molecule has 0 saturated carbocycles. The van der Waals surface area contributed by atoms with Gasteiger partial charge in [0.05, 0.1) is 6.54 Å². The van der Waals surface area contributed by atoms with Gasteiger partial charge < -0.3 is 10.4 Å². The van der Waals surface area contributed by atoms with E-state index in [4.69, 9.17) is 5.11 Å². The van der Waals surface area contributed by atoms with E-state index in [9.17, 15) is 13.6 Å². The topological polar surface area (TPSA) is 52.6 Å². The van der Waals surface area contributed by atoms with Crippen LogP contribution in [0.4, 0.5) is 8.78 Å². The molecular formula is C16H22F2N2O2. The summed E-state index contributed by atoms with van der Waals surface area (Å²) in [5.41, 5.74) is -0.00295. The molecule has 4 nitrogen and oxygen atoms in total. The van der Waals surface area contributed by atoms with Crippen LogP contribution in [0.15, 0.2) is 18.2 Å². The van der Waals surface area contributed by atoms with E-state index in [1.54, 1.807) is 6.92 Å². The lowest BCUT2D eigenvalue weighted by atomic mass is 10.1. The number of rotatable bonds is 6. The summed E-state index contributed by atoms with van der Waals surface area (Å²) in [4.78, 5) is 13.9. The van der Waals surface area contributed by atoms with Crippen molar-refractivity contribution < 1.29 is 18.7 Å². The maximum absolute atomic E-state index is 13.6. The van der Waals surface area contributed by atoms with E-state index < -0.39 is 11.6 Å². The van der Waals surface area contributed by atoms with Crippen LogP contribution < -0.4 is 5.32 Å². The fraction of sp³-hybridized carbons (Fsp3) is 0.562. The minimum Gasteiger partial charge on any atom is -0.396 e. The highest BCUT2D eigenvalue weighted by molar-refractivity contribution is 5.78. The number of hydrogen-bond acceptors (Lipinski definition) is 3. The van der Waals surface area contributed by atoms with E-state index in [2.05, 4.69) is 5.32 Å². The van der Waals surface area contributed by atoms with Crippen molar-refractivity contribution in [2.24, 2.45) is 5.92 Å². The maximum Gasteiger partial charge on any atom is 0.234 e. The van der Waals surface area contributed by atoms with Gasteiger partial charge in [0, 0.05) is 24.8 Å². The van der Waals surface area contributed by atoms with Gasteiger partial charge in [-0.05, 0) is 44.4 Å². The molecule has 1 amide bonds. The number of amides is 1. The smallest absolute Gasteiger partial charge is 0.234 e. The Bertz CT molecular complexity index is 505. The van der Waals surface area contributed by atoms with Crippen molar-refractivity contribution >= 4 is 5.91 Å². The first-order valence-electron chi connectivity index (χ1n) is 7.55. The predicted molar refractivity (Wildman–Crippen MR) is 79.3 cm³/mol. The molecule has 1 fully saturated rings. The molecule has 0 bridgehead atoms. The van der Waals surface area contributed by atoms with Crippen LogP contribution in [-0.4, -0.2) is 48.2 Å². The monoisotopic (exact) mass is 312 g/mol. The second-order valence-electron chi connectivity index (χ2n) is 5.95. The molecule has 0 radical (unpaired) electrons. The molecule has 1 aromatic carbocycles. The van der Waals surface area contributed by atoms with Gasteiger partial charge in [0.25, 0.3) is 0 Å². The molecule has 2 rings (SSSR count). The highest BCUT2D eigenvalue weighted by atomic mass is 19.1. The molecule has 2 N–H and O–H groups in total. The zero-order valence-corrected chi connectivity index (χ0v) is 12.7. The van der Waals surface area contributed by atoms with Crippen molar-refractivity contribution in [3.8, 4) is 0 Å². The third-order valence-corrected chi connectivity index (χ3v) is 3.97. The maximum atomic E-state index is 13.6. The van der Waals surface area contributed by atoms with Gasteiger partial charge in [-0.15, -0.1) is 0 Å². The lowest BCUT2D eigenvalue weighted by Crippen LogP contribution is -2.41.